The van der Waals surface area contributed by atoms with E-state index in [1.807, 2.05) is 12.1 Å². The van der Waals surface area contributed by atoms with Crippen molar-refractivity contribution < 1.29 is 14.0 Å². The molecule has 1 aliphatic heterocycles. The highest BCUT2D eigenvalue weighted by atomic mass is 16.3. The van der Waals surface area contributed by atoms with Crippen molar-refractivity contribution in [3.8, 4) is 0 Å². The molecule has 1 aromatic heterocycles. The van der Waals surface area contributed by atoms with Crippen LogP contribution < -0.4 is 5.32 Å². The third-order valence-corrected chi connectivity index (χ3v) is 4.76. The fourth-order valence-corrected chi connectivity index (χ4v) is 3.22. The van der Waals surface area contributed by atoms with Gasteiger partial charge in [0.15, 0.2) is 5.76 Å². The van der Waals surface area contributed by atoms with E-state index < -0.39 is 0 Å². The molecule has 3 rings (SSSR count). The maximum atomic E-state index is 12.2. The lowest BCUT2D eigenvalue weighted by atomic mass is 10.0. The van der Waals surface area contributed by atoms with E-state index >= 15 is 0 Å². The molecule has 0 spiro atoms. The van der Waals surface area contributed by atoms with E-state index in [1.165, 1.54) is 17.4 Å². The van der Waals surface area contributed by atoms with Gasteiger partial charge in [0.05, 0.1) is 6.26 Å². The molecule has 0 radical (unpaired) electrons. The number of aryl methyl sites for hydroxylation is 2. The van der Waals surface area contributed by atoms with Gasteiger partial charge in [-0.15, -0.1) is 0 Å². The molecule has 2 aromatic rings. The Hall–Kier alpha value is -2.56. The summed E-state index contributed by atoms with van der Waals surface area (Å²) in [6.45, 7) is 3.35. The molecule has 1 saturated heterocycles. The topological polar surface area (TPSA) is 62.6 Å². The Morgan fingerprint density at radius 3 is 2.60 bits per heavy atom. The summed E-state index contributed by atoms with van der Waals surface area (Å²) < 4.78 is 5.16. The lowest BCUT2D eigenvalue weighted by Crippen LogP contribution is -2.46. The molecule has 0 unspecified atom stereocenters. The van der Waals surface area contributed by atoms with E-state index in [1.54, 1.807) is 17.0 Å². The van der Waals surface area contributed by atoms with Crippen molar-refractivity contribution in [2.24, 2.45) is 0 Å². The second kappa shape index (κ2) is 8.01. The molecule has 0 aliphatic carbocycles. The van der Waals surface area contributed by atoms with Crippen LogP contribution in [-0.4, -0.2) is 35.8 Å². The van der Waals surface area contributed by atoms with Crippen molar-refractivity contribution in [1.82, 2.24) is 10.2 Å². The molecule has 0 saturated carbocycles. The zero-order valence-corrected chi connectivity index (χ0v) is 14.5. The summed E-state index contributed by atoms with van der Waals surface area (Å²) in [6, 6.07) is 11.7. The van der Waals surface area contributed by atoms with Crippen LogP contribution >= 0.6 is 0 Å². The number of hydrogen-bond donors (Lipinski definition) is 1. The smallest absolute Gasteiger partial charge is 0.289 e. The minimum Gasteiger partial charge on any atom is -0.459 e. The maximum Gasteiger partial charge on any atom is 0.289 e. The summed E-state index contributed by atoms with van der Waals surface area (Å²) in [5, 5.41) is 3.10. The lowest BCUT2D eigenvalue weighted by molar-refractivity contribution is -0.122. The quantitative estimate of drug-likeness (QED) is 0.910. The molecule has 1 aromatic carbocycles. The van der Waals surface area contributed by atoms with Gasteiger partial charge in [0.25, 0.3) is 5.91 Å². The second-order valence-corrected chi connectivity index (χ2v) is 6.54. The Balaban J connectivity index is 1.42. The molecular weight excluding hydrogens is 316 g/mol. The Labute approximate surface area is 148 Å². The number of rotatable bonds is 5. The van der Waals surface area contributed by atoms with Gasteiger partial charge in [-0.05, 0) is 49.4 Å². The van der Waals surface area contributed by atoms with E-state index in [2.05, 4.69) is 24.4 Å². The number of nitrogens with one attached hydrogen (secondary N) is 1. The Bertz CT molecular complexity index is 716. The van der Waals surface area contributed by atoms with E-state index in [0.717, 1.165) is 19.3 Å². The van der Waals surface area contributed by atoms with Crippen LogP contribution in [0.1, 0.15) is 40.9 Å². The monoisotopic (exact) mass is 340 g/mol. The highest BCUT2D eigenvalue weighted by Gasteiger charge is 2.25. The van der Waals surface area contributed by atoms with Gasteiger partial charge in [0.2, 0.25) is 5.91 Å². The molecule has 132 valence electrons. The lowest BCUT2D eigenvalue weighted by Gasteiger charge is -2.31. The number of piperidine rings is 1. The highest BCUT2D eigenvalue weighted by Crippen LogP contribution is 2.15. The first-order valence-electron chi connectivity index (χ1n) is 8.80. The van der Waals surface area contributed by atoms with Crippen LogP contribution in [0.25, 0.3) is 0 Å². The molecule has 25 heavy (non-hydrogen) atoms. The average Bonchev–Trinajstić information content (AvgIpc) is 3.16. The number of amides is 2. The molecule has 1 N–H and O–H groups in total. The van der Waals surface area contributed by atoms with Crippen molar-refractivity contribution in [3.05, 3.63) is 59.5 Å². The fraction of sp³-hybridized carbons (Fsp3) is 0.400. The molecule has 0 atom stereocenters. The van der Waals surface area contributed by atoms with E-state index in [9.17, 15) is 9.59 Å². The van der Waals surface area contributed by atoms with Gasteiger partial charge in [-0.2, -0.15) is 0 Å². The van der Waals surface area contributed by atoms with E-state index in [4.69, 9.17) is 4.42 Å². The molecule has 5 nitrogen and oxygen atoms in total. The third kappa shape index (κ3) is 4.50. The van der Waals surface area contributed by atoms with Crippen molar-refractivity contribution >= 4 is 11.8 Å². The number of carbonyl (C=O) groups excluding carboxylic acids is 2. The van der Waals surface area contributed by atoms with Crippen molar-refractivity contribution in [2.45, 2.75) is 38.6 Å². The van der Waals surface area contributed by atoms with Crippen LogP contribution in [0.3, 0.4) is 0 Å². The van der Waals surface area contributed by atoms with Gasteiger partial charge in [0.1, 0.15) is 0 Å². The van der Waals surface area contributed by atoms with Gasteiger partial charge >= 0.3 is 0 Å². The molecule has 1 fully saturated rings. The fourth-order valence-electron chi connectivity index (χ4n) is 3.22. The summed E-state index contributed by atoms with van der Waals surface area (Å²) in [7, 11) is 0. The highest BCUT2D eigenvalue weighted by molar-refractivity contribution is 5.91. The SMILES string of the molecule is Cc1ccccc1CCC(=O)NC1CCN(C(=O)c2ccco2)CC1. The summed E-state index contributed by atoms with van der Waals surface area (Å²) in [4.78, 5) is 26.2. The van der Waals surface area contributed by atoms with Crippen LogP contribution in [-0.2, 0) is 11.2 Å². The summed E-state index contributed by atoms with van der Waals surface area (Å²) in [6.07, 6.45) is 4.32. The molecule has 1 aliphatic rings. The minimum atomic E-state index is -0.0747. The van der Waals surface area contributed by atoms with Crippen LogP contribution in [0.4, 0.5) is 0 Å². The number of carbonyl (C=O) groups is 2. The van der Waals surface area contributed by atoms with Crippen molar-refractivity contribution in [3.63, 3.8) is 0 Å². The van der Waals surface area contributed by atoms with Crippen molar-refractivity contribution in [1.29, 1.82) is 0 Å². The average molecular weight is 340 g/mol. The number of hydrogen-bond acceptors (Lipinski definition) is 3. The molecule has 2 heterocycles. The zero-order valence-electron chi connectivity index (χ0n) is 14.5. The molecule has 2 amide bonds. The number of benzene rings is 1. The largest absolute Gasteiger partial charge is 0.459 e. The first-order chi connectivity index (χ1) is 12.1. The van der Waals surface area contributed by atoms with Crippen LogP contribution in [0.2, 0.25) is 0 Å². The van der Waals surface area contributed by atoms with Gasteiger partial charge < -0.3 is 14.6 Å². The minimum absolute atomic E-state index is 0.0747. The van der Waals surface area contributed by atoms with Crippen LogP contribution in [0.5, 0.6) is 0 Å². The van der Waals surface area contributed by atoms with Gasteiger partial charge in [-0.1, -0.05) is 24.3 Å². The second-order valence-electron chi connectivity index (χ2n) is 6.54. The first-order valence-corrected chi connectivity index (χ1v) is 8.80. The first kappa shape index (κ1) is 17.3. The van der Waals surface area contributed by atoms with Gasteiger partial charge in [-0.3, -0.25) is 9.59 Å². The molecular formula is C20H24N2O3. The van der Waals surface area contributed by atoms with E-state index in [0.29, 0.717) is 25.3 Å². The predicted octanol–water partition coefficient (Wildman–Crippen LogP) is 2.94. The predicted molar refractivity (Wildman–Crippen MR) is 95.3 cm³/mol. The Morgan fingerprint density at radius 1 is 1.16 bits per heavy atom. The third-order valence-electron chi connectivity index (χ3n) is 4.76. The standard InChI is InChI=1S/C20H24N2O3/c1-15-5-2-3-6-16(15)8-9-19(23)21-17-10-12-22(13-11-17)20(24)18-7-4-14-25-18/h2-7,14,17H,8-13H2,1H3,(H,21,23). The van der Waals surface area contributed by atoms with Crippen molar-refractivity contribution in [2.75, 3.05) is 13.1 Å². The Morgan fingerprint density at radius 2 is 1.92 bits per heavy atom. The summed E-state index contributed by atoms with van der Waals surface area (Å²) in [5.41, 5.74) is 2.44. The summed E-state index contributed by atoms with van der Waals surface area (Å²) >= 11 is 0. The number of likely N-dealkylation sites (tertiary alicyclic amines) is 1. The van der Waals surface area contributed by atoms with Crippen LogP contribution in [0.15, 0.2) is 47.1 Å². The normalized spacial score (nSPS) is 15.2. The molecule has 0 bridgehead atoms. The zero-order chi connectivity index (χ0) is 17.6. The number of furan rings is 1. The maximum absolute atomic E-state index is 12.2. The van der Waals surface area contributed by atoms with Gasteiger partial charge in [0, 0.05) is 25.6 Å². The van der Waals surface area contributed by atoms with E-state index in [-0.39, 0.29) is 17.9 Å². The number of nitrogens with zero attached hydrogens (tertiary/aromatic N) is 1. The van der Waals surface area contributed by atoms with Crippen LogP contribution in [0, 0.1) is 6.92 Å². The summed E-state index contributed by atoms with van der Waals surface area (Å²) in [5.74, 6) is 0.383. The molecule has 5 heteroatoms. The Kier molecular flexibility index (Phi) is 5.53. The van der Waals surface area contributed by atoms with Gasteiger partial charge in [-0.25, -0.2) is 0 Å².